The van der Waals surface area contributed by atoms with Gasteiger partial charge in [-0.25, -0.2) is 4.98 Å². The van der Waals surface area contributed by atoms with Gasteiger partial charge in [0, 0.05) is 19.3 Å². The molecule has 0 unspecified atom stereocenters. The second kappa shape index (κ2) is 7.28. The van der Waals surface area contributed by atoms with E-state index in [4.69, 9.17) is 0 Å². The predicted molar refractivity (Wildman–Crippen MR) is 72.3 cm³/mol. The lowest BCUT2D eigenvalue weighted by Gasteiger charge is -2.19. The summed E-state index contributed by atoms with van der Waals surface area (Å²) in [7, 11) is 2.07. The van der Waals surface area contributed by atoms with Gasteiger partial charge in [0.25, 0.3) is 0 Å². The maximum Gasteiger partial charge on any atom is 0.128 e. The van der Waals surface area contributed by atoms with E-state index in [1.165, 1.54) is 19.3 Å². The maximum absolute atomic E-state index is 9.23. The molecule has 0 aliphatic rings. The Labute approximate surface area is 104 Å². The predicted octanol–water partition coefficient (Wildman–Crippen LogP) is 2.76. The molecule has 96 valence electrons. The second-order valence-corrected chi connectivity index (χ2v) is 4.47. The third-order valence-corrected chi connectivity index (χ3v) is 2.96. The number of aliphatic hydroxyl groups is 1. The van der Waals surface area contributed by atoms with Gasteiger partial charge >= 0.3 is 0 Å². The van der Waals surface area contributed by atoms with Crippen molar-refractivity contribution in [2.75, 3.05) is 18.5 Å². The normalized spacial score (nSPS) is 10.6. The molecule has 0 radical (unpaired) electrons. The average molecular weight is 236 g/mol. The third-order valence-electron chi connectivity index (χ3n) is 2.96. The van der Waals surface area contributed by atoms with Crippen molar-refractivity contribution in [3.05, 3.63) is 23.4 Å². The fourth-order valence-electron chi connectivity index (χ4n) is 1.81. The quantitative estimate of drug-likeness (QED) is 0.740. The lowest BCUT2D eigenvalue weighted by molar-refractivity contribution is 0.281. The molecule has 1 rings (SSSR count). The fourth-order valence-corrected chi connectivity index (χ4v) is 1.81. The highest BCUT2D eigenvalue weighted by Crippen LogP contribution is 2.15. The van der Waals surface area contributed by atoms with Crippen molar-refractivity contribution in [3.63, 3.8) is 0 Å². The van der Waals surface area contributed by atoms with Gasteiger partial charge in [0.2, 0.25) is 0 Å². The summed E-state index contributed by atoms with van der Waals surface area (Å²) in [6.07, 6.45) is 4.59. The summed E-state index contributed by atoms with van der Waals surface area (Å²) in [5, 5.41) is 9.23. The Kier molecular flexibility index (Phi) is 5.98. The molecular formula is C14H24N2O. The summed E-state index contributed by atoms with van der Waals surface area (Å²) in [4.78, 5) is 6.77. The van der Waals surface area contributed by atoms with Crippen LogP contribution < -0.4 is 4.90 Å². The monoisotopic (exact) mass is 236 g/mol. The average Bonchev–Trinajstić information content (AvgIpc) is 2.38. The molecule has 0 atom stereocenters. The summed E-state index contributed by atoms with van der Waals surface area (Å²) in [5.41, 5.74) is 2.00. The van der Waals surface area contributed by atoms with Crippen molar-refractivity contribution >= 4 is 5.82 Å². The number of hydrogen-bond donors (Lipinski definition) is 1. The summed E-state index contributed by atoms with van der Waals surface area (Å²) in [5.74, 6) is 0.976. The van der Waals surface area contributed by atoms with Gasteiger partial charge < -0.3 is 10.0 Å². The van der Waals surface area contributed by atoms with Crippen molar-refractivity contribution in [1.82, 2.24) is 4.98 Å². The number of nitrogens with zero attached hydrogens (tertiary/aromatic N) is 2. The maximum atomic E-state index is 9.23. The van der Waals surface area contributed by atoms with Gasteiger partial charge in [0.15, 0.2) is 0 Å². The van der Waals surface area contributed by atoms with Crippen molar-refractivity contribution in [2.45, 2.75) is 46.1 Å². The molecule has 3 nitrogen and oxygen atoms in total. The van der Waals surface area contributed by atoms with Crippen LogP contribution in [0.5, 0.6) is 0 Å². The van der Waals surface area contributed by atoms with Crippen molar-refractivity contribution in [2.24, 2.45) is 0 Å². The lowest BCUT2D eigenvalue weighted by Crippen LogP contribution is -2.20. The summed E-state index contributed by atoms with van der Waals surface area (Å²) < 4.78 is 0. The van der Waals surface area contributed by atoms with Crippen molar-refractivity contribution < 1.29 is 5.11 Å². The van der Waals surface area contributed by atoms with Crippen LogP contribution in [-0.2, 0) is 13.0 Å². The number of rotatable bonds is 7. The number of anilines is 1. The van der Waals surface area contributed by atoms with E-state index in [1.807, 2.05) is 12.1 Å². The van der Waals surface area contributed by atoms with E-state index in [-0.39, 0.29) is 6.61 Å². The molecule has 0 aromatic carbocycles. The Morgan fingerprint density at radius 3 is 2.59 bits per heavy atom. The first-order valence-electron chi connectivity index (χ1n) is 6.53. The zero-order chi connectivity index (χ0) is 12.7. The Morgan fingerprint density at radius 1 is 1.24 bits per heavy atom. The number of pyridine rings is 1. The van der Waals surface area contributed by atoms with Gasteiger partial charge in [0.05, 0.1) is 6.61 Å². The Balaban J connectivity index is 2.73. The van der Waals surface area contributed by atoms with E-state index in [2.05, 4.69) is 30.8 Å². The van der Waals surface area contributed by atoms with Gasteiger partial charge in [-0.1, -0.05) is 26.7 Å². The molecule has 3 heteroatoms. The van der Waals surface area contributed by atoms with E-state index in [1.54, 1.807) is 0 Å². The molecule has 0 saturated heterocycles. The molecule has 0 amide bonds. The molecule has 0 saturated carbocycles. The highest BCUT2D eigenvalue weighted by atomic mass is 16.3. The molecule has 1 aromatic rings. The molecule has 1 heterocycles. The molecule has 0 aliphatic carbocycles. The van der Waals surface area contributed by atoms with E-state index in [9.17, 15) is 5.11 Å². The van der Waals surface area contributed by atoms with Crippen molar-refractivity contribution in [3.8, 4) is 0 Å². The van der Waals surface area contributed by atoms with E-state index < -0.39 is 0 Å². The topological polar surface area (TPSA) is 36.4 Å². The van der Waals surface area contributed by atoms with Gasteiger partial charge in [-0.05, 0) is 30.5 Å². The highest BCUT2D eigenvalue weighted by molar-refractivity contribution is 5.41. The van der Waals surface area contributed by atoms with Crippen LogP contribution in [0.4, 0.5) is 5.82 Å². The summed E-state index contributed by atoms with van der Waals surface area (Å²) in [6, 6.07) is 3.95. The Morgan fingerprint density at radius 2 is 2.00 bits per heavy atom. The van der Waals surface area contributed by atoms with Crippen LogP contribution in [0.1, 0.15) is 44.4 Å². The number of aryl methyl sites for hydroxylation is 1. The third kappa shape index (κ3) is 4.35. The van der Waals surface area contributed by atoms with Crippen LogP contribution in [0.3, 0.4) is 0 Å². The smallest absolute Gasteiger partial charge is 0.128 e. The highest BCUT2D eigenvalue weighted by Gasteiger charge is 2.05. The first-order chi connectivity index (χ1) is 8.21. The molecule has 0 bridgehead atoms. The van der Waals surface area contributed by atoms with Gasteiger partial charge in [0.1, 0.15) is 5.82 Å². The lowest BCUT2D eigenvalue weighted by atomic mass is 10.2. The molecule has 0 aliphatic heterocycles. The SMILES string of the molecule is CCCCCN(C)c1cc(CO)cc(CC)n1. The summed E-state index contributed by atoms with van der Waals surface area (Å²) >= 11 is 0. The number of aliphatic hydroxyl groups excluding tert-OH is 1. The molecule has 1 aromatic heterocycles. The fraction of sp³-hybridized carbons (Fsp3) is 0.643. The van der Waals surface area contributed by atoms with E-state index in [0.29, 0.717) is 0 Å². The van der Waals surface area contributed by atoms with Crippen LogP contribution in [-0.4, -0.2) is 23.7 Å². The van der Waals surface area contributed by atoms with Gasteiger partial charge in [-0.15, -0.1) is 0 Å². The molecule has 0 fully saturated rings. The Hall–Kier alpha value is -1.09. The van der Waals surface area contributed by atoms with E-state index in [0.717, 1.165) is 30.0 Å². The molecule has 0 spiro atoms. The largest absolute Gasteiger partial charge is 0.392 e. The number of aromatic nitrogens is 1. The first kappa shape index (κ1) is 14.0. The van der Waals surface area contributed by atoms with Gasteiger partial charge in [-0.2, -0.15) is 0 Å². The van der Waals surface area contributed by atoms with Crippen LogP contribution in [0.15, 0.2) is 12.1 Å². The summed E-state index contributed by atoms with van der Waals surface area (Å²) in [6.45, 7) is 5.41. The molecular weight excluding hydrogens is 212 g/mol. The number of hydrogen-bond acceptors (Lipinski definition) is 3. The molecule has 1 N–H and O–H groups in total. The second-order valence-electron chi connectivity index (χ2n) is 4.47. The Bertz CT molecular complexity index is 317. The minimum absolute atomic E-state index is 0.0886. The van der Waals surface area contributed by atoms with Crippen LogP contribution in [0, 0.1) is 0 Å². The van der Waals surface area contributed by atoms with Crippen molar-refractivity contribution in [1.29, 1.82) is 0 Å². The zero-order valence-corrected chi connectivity index (χ0v) is 11.2. The van der Waals surface area contributed by atoms with Crippen LogP contribution >= 0.6 is 0 Å². The van der Waals surface area contributed by atoms with Gasteiger partial charge in [-0.3, -0.25) is 0 Å². The zero-order valence-electron chi connectivity index (χ0n) is 11.2. The standard InChI is InChI=1S/C14H24N2O/c1-4-6-7-8-16(3)14-10-12(11-17)9-13(5-2)15-14/h9-10,17H,4-8,11H2,1-3H3. The van der Waals surface area contributed by atoms with E-state index >= 15 is 0 Å². The number of unbranched alkanes of at least 4 members (excludes halogenated alkanes) is 2. The first-order valence-corrected chi connectivity index (χ1v) is 6.53. The van der Waals surface area contributed by atoms with Crippen LogP contribution in [0.25, 0.3) is 0 Å². The van der Waals surface area contributed by atoms with Crippen LogP contribution in [0.2, 0.25) is 0 Å². The molecule has 17 heavy (non-hydrogen) atoms. The minimum Gasteiger partial charge on any atom is -0.392 e. The minimum atomic E-state index is 0.0886.